The summed E-state index contributed by atoms with van der Waals surface area (Å²) in [7, 11) is 2.07. The molecule has 2 atom stereocenters. The molecule has 0 fully saturated rings. The topological polar surface area (TPSA) is 41.1 Å². The van der Waals surface area contributed by atoms with Crippen LogP contribution in [-0.4, -0.2) is 15.7 Å². The Morgan fingerprint density at radius 1 is 1.27 bits per heavy atom. The SMILES string of the molecule is CCCCn1cc[n+](C)c1CN[C@H](C)[C@@H](O)c1ccccc1. The van der Waals surface area contributed by atoms with Gasteiger partial charge in [0.2, 0.25) is 0 Å². The lowest BCUT2D eigenvalue weighted by Gasteiger charge is -2.20. The number of nitrogens with one attached hydrogen (secondary N) is 1. The molecule has 0 unspecified atom stereocenters. The average molecular weight is 302 g/mol. The molecule has 4 heteroatoms. The molecule has 0 amide bonds. The second kappa shape index (κ2) is 8.11. The molecule has 2 aromatic rings. The number of aromatic nitrogens is 2. The minimum atomic E-state index is -0.495. The lowest BCUT2D eigenvalue weighted by atomic mass is 10.0. The monoisotopic (exact) mass is 302 g/mol. The van der Waals surface area contributed by atoms with Gasteiger partial charge >= 0.3 is 0 Å². The molecule has 0 saturated carbocycles. The smallest absolute Gasteiger partial charge is 0.270 e. The molecule has 2 N–H and O–H groups in total. The first-order chi connectivity index (χ1) is 10.6. The summed E-state index contributed by atoms with van der Waals surface area (Å²) >= 11 is 0. The Kier molecular flexibility index (Phi) is 6.16. The predicted molar refractivity (Wildman–Crippen MR) is 88.2 cm³/mol. The van der Waals surface area contributed by atoms with Gasteiger partial charge in [-0.3, -0.25) is 0 Å². The van der Waals surface area contributed by atoms with Gasteiger partial charge < -0.3 is 10.4 Å². The summed E-state index contributed by atoms with van der Waals surface area (Å²) in [6.07, 6.45) is 6.10. The van der Waals surface area contributed by atoms with Crippen molar-refractivity contribution >= 4 is 0 Å². The van der Waals surface area contributed by atoms with Gasteiger partial charge in [-0.05, 0) is 18.9 Å². The molecule has 0 aliphatic carbocycles. The van der Waals surface area contributed by atoms with Gasteiger partial charge in [0.1, 0.15) is 12.4 Å². The van der Waals surface area contributed by atoms with Gasteiger partial charge in [-0.15, -0.1) is 0 Å². The lowest BCUT2D eigenvalue weighted by molar-refractivity contribution is -0.679. The van der Waals surface area contributed by atoms with Crippen LogP contribution < -0.4 is 9.88 Å². The largest absolute Gasteiger partial charge is 0.387 e. The number of hydrogen-bond acceptors (Lipinski definition) is 2. The van der Waals surface area contributed by atoms with Gasteiger partial charge in [0.05, 0.1) is 26.2 Å². The minimum Gasteiger partial charge on any atom is -0.387 e. The molecule has 0 aliphatic heterocycles. The zero-order valence-electron chi connectivity index (χ0n) is 13.9. The number of aliphatic hydroxyl groups is 1. The first-order valence-corrected chi connectivity index (χ1v) is 8.13. The zero-order valence-corrected chi connectivity index (χ0v) is 13.9. The number of hydrogen-bond donors (Lipinski definition) is 2. The normalized spacial score (nSPS) is 14.0. The van der Waals surface area contributed by atoms with Crippen LogP contribution in [0.25, 0.3) is 0 Å². The number of aryl methyl sites for hydroxylation is 2. The zero-order chi connectivity index (χ0) is 15.9. The Morgan fingerprint density at radius 2 is 2.00 bits per heavy atom. The van der Waals surface area contributed by atoms with E-state index in [1.165, 1.54) is 18.7 Å². The van der Waals surface area contributed by atoms with E-state index in [4.69, 9.17) is 0 Å². The van der Waals surface area contributed by atoms with Crippen molar-refractivity contribution in [2.75, 3.05) is 0 Å². The Bertz CT molecular complexity index is 565. The third-order valence-electron chi connectivity index (χ3n) is 4.16. The van der Waals surface area contributed by atoms with Gasteiger partial charge in [0, 0.05) is 6.04 Å². The van der Waals surface area contributed by atoms with E-state index in [0.29, 0.717) is 0 Å². The van der Waals surface area contributed by atoms with Gasteiger partial charge in [-0.2, -0.15) is 0 Å². The van der Waals surface area contributed by atoms with Gasteiger partial charge in [0.25, 0.3) is 5.82 Å². The highest BCUT2D eigenvalue weighted by Gasteiger charge is 2.19. The number of imidazole rings is 1. The highest BCUT2D eigenvalue weighted by molar-refractivity contribution is 5.18. The quantitative estimate of drug-likeness (QED) is 0.735. The Balaban J connectivity index is 1.96. The summed E-state index contributed by atoms with van der Waals surface area (Å²) in [5.74, 6) is 1.24. The van der Waals surface area contributed by atoms with Crippen LogP contribution in [0.5, 0.6) is 0 Å². The van der Waals surface area contributed by atoms with Crippen LogP contribution >= 0.6 is 0 Å². The third-order valence-corrected chi connectivity index (χ3v) is 4.16. The van der Waals surface area contributed by atoms with Crippen molar-refractivity contribution in [3.05, 3.63) is 54.1 Å². The lowest BCUT2D eigenvalue weighted by Crippen LogP contribution is -2.39. The Morgan fingerprint density at radius 3 is 2.68 bits per heavy atom. The van der Waals surface area contributed by atoms with Gasteiger partial charge in [-0.25, -0.2) is 9.13 Å². The molecule has 0 aliphatic rings. The summed E-state index contributed by atoms with van der Waals surface area (Å²) in [6, 6.07) is 9.81. The molecule has 0 spiro atoms. The Labute approximate surface area is 133 Å². The number of benzene rings is 1. The maximum Gasteiger partial charge on any atom is 0.270 e. The second-order valence-electron chi connectivity index (χ2n) is 5.90. The van der Waals surface area contributed by atoms with E-state index >= 15 is 0 Å². The highest BCUT2D eigenvalue weighted by atomic mass is 16.3. The summed E-state index contributed by atoms with van der Waals surface area (Å²) in [6.45, 7) is 6.03. The van der Waals surface area contributed by atoms with Crippen molar-refractivity contribution in [2.45, 2.75) is 51.9 Å². The molecule has 1 aromatic heterocycles. The highest BCUT2D eigenvalue weighted by Crippen LogP contribution is 2.16. The molecule has 22 heavy (non-hydrogen) atoms. The Hall–Kier alpha value is -1.65. The molecular weight excluding hydrogens is 274 g/mol. The summed E-state index contributed by atoms with van der Waals surface area (Å²) < 4.78 is 4.43. The van der Waals surface area contributed by atoms with Crippen LogP contribution in [0.3, 0.4) is 0 Å². The van der Waals surface area contributed by atoms with Crippen LogP contribution in [0.1, 0.15) is 44.2 Å². The van der Waals surface area contributed by atoms with E-state index in [2.05, 4.69) is 40.8 Å². The van der Waals surface area contributed by atoms with Crippen molar-refractivity contribution in [3.63, 3.8) is 0 Å². The predicted octanol–water partition coefficient (Wildman–Crippen LogP) is 2.32. The van der Waals surface area contributed by atoms with Gasteiger partial charge in [0.15, 0.2) is 0 Å². The minimum absolute atomic E-state index is 0.00285. The van der Waals surface area contributed by atoms with Crippen LogP contribution in [0.15, 0.2) is 42.7 Å². The average Bonchev–Trinajstić information content (AvgIpc) is 2.90. The maximum absolute atomic E-state index is 10.4. The number of nitrogens with zero attached hydrogens (tertiary/aromatic N) is 2. The standard InChI is InChI=1S/C18H28N3O/c1-4-5-11-21-13-12-20(3)17(21)14-19-15(2)18(22)16-9-7-6-8-10-16/h6-10,12-13,15,18-19,22H,4-5,11,14H2,1-3H3/q+1/t15-,18-/m1/s1. The first-order valence-electron chi connectivity index (χ1n) is 8.13. The number of aliphatic hydroxyl groups excluding tert-OH is 1. The molecule has 2 rings (SSSR count). The molecule has 0 bridgehead atoms. The van der Waals surface area contributed by atoms with Crippen molar-refractivity contribution in [1.82, 2.24) is 9.88 Å². The second-order valence-corrected chi connectivity index (χ2v) is 5.90. The molecule has 0 saturated heterocycles. The molecule has 1 aromatic carbocycles. The summed E-state index contributed by atoms with van der Waals surface area (Å²) in [4.78, 5) is 0. The molecular formula is C18H28N3O+. The van der Waals surface area contributed by atoms with Crippen LogP contribution in [0.4, 0.5) is 0 Å². The van der Waals surface area contributed by atoms with Crippen molar-refractivity contribution in [3.8, 4) is 0 Å². The fourth-order valence-electron chi connectivity index (χ4n) is 2.62. The van der Waals surface area contributed by atoms with E-state index in [9.17, 15) is 5.11 Å². The van der Waals surface area contributed by atoms with Crippen LogP contribution in [-0.2, 0) is 20.1 Å². The summed E-state index contributed by atoms with van der Waals surface area (Å²) in [5, 5.41) is 13.9. The molecule has 4 nitrogen and oxygen atoms in total. The van der Waals surface area contributed by atoms with E-state index in [1.54, 1.807) is 0 Å². The molecule has 0 radical (unpaired) electrons. The fraction of sp³-hybridized carbons (Fsp3) is 0.500. The van der Waals surface area contributed by atoms with E-state index in [1.807, 2.05) is 37.3 Å². The fourth-order valence-corrected chi connectivity index (χ4v) is 2.62. The summed E-state index contributed by atoms with van der Waals surface area (Å²) in [5.41, 5.74) is 0.952. The van der Waals surface area contributed by atoms with E-state index in [0.717, 1.165) is 18.7 Å². The maximum atomic E-state index is 10.4. The van der Waals surface area contributed by atoms with Crippen molar-refractivity contribution in [2.24, 2.45) is 7.05 Å². The van der Waals surface area contributed by atoms with Crippen molar-refractivity contribution in [1.29, 1.82) is 0 Å². The van der Waals surface area contributed by atoms with Crippen molar-refractivity contribution < 1.29 is 9.67 Å². The van der Waals surface area contributed by atoms with E-state index in [-0.39, 0.29) is 6.04 Å². The van der Waals surface area contributed by atoms with Crippen LogP contribution in [0.2, 0.25) is 0 Å². The van der Waals surface area contributed by atoms with E-state index < -0.39 is 6.10 Å². The molecule has 120 valence electrons. The third kappa shape index (κ3) is 4.18. The van der Waals surface area contributed by atoms with Crippen LogP contribution in [0, 0.1) is 0 Å². The number of unbranched alkanes of at least 4 members (excludes halogenated alkanes) is 1. The molecule has 1 heterocycles. The number of rotatable bonds is 8. The van der Waals surface area contributed by atoms with Gasteiger partial charge in [-0.1, -0.05) is 43.7 Å². The first kappa shape index (κ1) is 16.7.